The minimum absolute atomic E-state index is 0.135. The number of phenols is 1. The van der Waals surface area contributed by atoms with Crippen molar-refractivity contribution < 1.29 is 29.1 Å². The summed E-state index contributed by atoms with van der Waals surface area (Å²) in [5.74, 6) is 0.132. The molecule has 1 atom stereocenters. The van der Waals surface area contributed by atoms with Gasteiger partial charge in [-0.05, 0) is 42.3 Å². The second-order valence-corrected chi connectivity index (χ2v) is 7.23. The Morgan fingerprint density at radius 2 is 1.93 bits per heavy atom. The molecule has 29 heavy (non-hydrogen) atoms. The predicted molar refractivity (Wildman–Crippen MR) is 109 cm³/mol. The fraction of sp³-hybridized carbons (Fsp3) is 0.304. The van der Waals surface area contributed by atoms with Crippen molar-refractivity contribution in [3.8, 4) is 11.5 Å². The molecule has 6 heteroatoms. The van der Waals surface area contributed by atoms with Crippen molar-refractivity contribution in [2.24, 2.45) is 0 Å². The number of carbonyl (C=O) groups excluding carboxylic acids is 2. The van der Waals surface area contributed by atoms with Gasteiger partial charge in [-0.15, -0.1) is 0 Å². The van der Waals surface area contributed by atoms with Gasteiger partial charge in [0.05, 0.1) is 37.4 Å². The van der Waals surface area contributed by atoms with Gasteiger partial charge in [0.2, 0.25) is 5.78 Å². The maximum absolute atomic E-state index is 12.8. The Bertz CT molecular complexity index is 946. The summed E-state index contributed by atoms with van der Waals surface area (Å²) in [6, 6.07) is 9.86. The third-order valence-electron chi connectivity index (χ3n) is 4.98. The molecule has 1 aliphatic rings. The second-order valence-electron chi connectivity index (χ2n) is 7.23. The van der Waals surface area contributed by atoms with E-state index in [0.717, 1.165) is 24.9 Å². The Labute approximate surface area is 170 Å². The Hall–Kier alpha value is -3.12. The van der Waals surface area contributed by atoms with Crippen LogP contribution in [-0.4, -0.2) is 37.6 Å². The molecule has 0 saturated heterocycles. The quantitative estimate of drug-likeness (QED) is 0.556. The van der Waals surface area contributed by atoms with E-state index in [4.69, 9.17) is 9.47 Å². The molecule has 152 valence electrons. The van der Waals surface area contributed by atoms with Crippen molar-refractivity contribution >= 4 is 17.8 Å². The van der Waals surface area contributed by atoms with Crippen LogP contribution >= 0.6 is 0 Å². The van der Waals surface area contributed by atoms with Gasteiger partial charge in [0.25, 0.3) is 0 Å². The summed E-state index contributed by atoms with van der Waals surface area (Å²) in [7, 11) is 3.39. The lowest BCUT2D eigenvalue weighted by Gasteiger charge is -2.16. The summed E-state index contributed by atoms with van der Waals surface area (Å²) < 4.78 is 10.6. The number of ketones is 1. The first-order chi connectivity index (χ1) is 13.9. The van der Waals surface area contributed by atoms with Gasteiger partial charge in [-0.1, -0.05) is 25.5 Å². The number of hydrogen-bond acceptors (Lipinski definition) is 5. The van der Waals surface area contributed by atoms with Crippen LogP contribution in [0.5, 0.6) is 11.5 Å². The van der Waals surface area contributed by atoms with E-state index >= 15 is 0 Å². The van der Waals surface area contributed by atoms with E-state index in [1.54, 1.807) is 42.5 Å². The van der Waals surface area contributed by atoms with Gasteiger partial charge in [0.15, 0.2) is 11.5 Å². The summed E-state index contributed by atoms with van der Waals surface area (Å²) in [6.07, 6.45) is 3.83. The molecular formula is C23H26NO5+. The molecule has 0 fully saturated rings. The number of aromatic hydroxyl groups is 1. The van der Waals surface area contributed by atoms with Crippen molar-refractivity contribution in [3.05, 3.63) is 64.4 Å². The number of unbranched alkanes of at least 4 members (excludes halogenated alkanes) is 1. The summed E-state index contributed by atoms with van der Waals surface area (Å²) in [5.41, 5.74) is 2.26. The van der Waals surface area contributed by atoms with Crippen LogP contribution in [0.15, 0.2) is 42.2 Å². The van der Waals surface area contributed by atoms with Crippen LogP contribution in [0, 0.1) is 0 Å². The van der Waals surface area contributed by atoms with Crippen LogP contribution in [-0.2, 0) is 11.3 Å². The minimum atomic E-state index is -0.417. The van der Waals surface area contributed by atoms with E-state index in [9.17, 15) is 14.7 Å². The summed E-state index contributed by atoms with van der Waals surface area (Å²) in [5, 5.41) is 10.3. The zero-order valence-electron chi connectivity index (χ0n) is 17.0. The maximum Gasteiger partial charge on any atom is 0.337 e. The zero-order chi connectivity index (χ0) is 21.0. The highest BCUT2D eigenvalue weighted by molar-refractivity contribution is 6.15. The van der Waals surface area contributed by atoms with E-state index in [2.05, 4.69) is 14.0 Å². The number of nitrogens with one attached hydrogen (secondary N) is 1. The SMILES string of the molecule is CCCC[NH+](C)Cc1c(O)ccc2c1O/C(=C/c1ccc(C(=O)OC)cc1)C2=O. The molecule has 0 amide bonds. The highest BCUT2D eigenvalue weighted by Crippen LogP contribution is 2.39. The van der Waals surface area contributed by atoms with Gasteiger partial charge < -0.3 is 19.5 Å². The van der Waals surface area contributed by atoms with Crippen LogP contribution in [0.4, 0.5) is 0 Å². The van der Waals surface area contributed by atoms with Gasteiger partial charge in [0, 0.05) is 0 Å². The van der Waals surface area contributed by atoms with Gasteiger partial charge in [0.1, 0.15) is 12.3 Å². The van der Waals surface area contributed by atoms with Crippen LogP contribution in [0.1, 0.15) is 51.6 Å². The van der Waals surface area contributed by atoms with Crippen molar-refractivity contribution in [2.45, 2.75) is 26.3 Å². The minimum Gasteiger partial charge on any atom is -0.507 e. The fourth-order valence-corrected chi connectivity index (χ4v) is 3.32. The lowest BCUT2D eigenvalue weighted by atomic mass is 10.0. The zero-order valence-corrected chi connectivity index (χ0v) is 17.0. The molecular weight excluding hydrogens is 370 g/mol. The first-order valence-corrected chi connectivity index (χ1v) is 9.73. The average Bonchev–Trinajstić information content (AvgIpc) is 3.04. The van der Waals surface area contributed by atoms with Crippen LogP contribution in [0.25, 0.3) is 6.08 Å². The molecule has 0 radical (unpaired) electrons. The largest absolute Gasteiger partial charge is 0.507 e. The molecule has 0 saturated carbocycles. The normalized spacial score (nSPS) is 15.1. The molecule has 2 aromatic rings. The van der Waals surface area contributed by atoms with E-state index in [1.807, 2.05) is 0 Å². The third kappa shape index (κ3) is 4.49. The standard InChI is InChI=1S/C23H25NO5/c1-4-5-12-24(2)14-18-19(25)11-10-17-21(26)20(29-22(17)18)13-15-6-8-16(9-7-15)23(27)28-3/h6-11,13,25H,4-5,12,14H2,1-3H3/p+1/b20-13+. The number of allylic oxidation sites excluding steroid dienone is 1. The smallest absolute Gasteiger partial charge is 0.337 e. The van der Waals surface area contributed by atoms with Gasteiger partial charge in [-0.25, -0.2) is 4.79 Å². The number of fused-ring (bicyclic) bond motifs is 1. The highest BCUT2D eigenvalue weighted by atomic mass is 16.5. The van der Waals surface area contributed by atoms with Gasteiger partial charge in [-0.3, -0.25) is 4.79 Å². The predicted octanol–water partition coefficient (Wildman–Crippen LogP) is 2.61. The third-order valence-corrected chi connectivity index (χ3v) is 4.98. The summed E-state index contributed by atoms with van der Waals surface area (Å²) in [6.45, 7) is 3.69. The number of Topliss-reactive ketones (excluding diaryl/α,β-unsaturated/α-hetero) is 1. The molecule has 0 spiro atoms. The topological polar surface area (TPSA) is 77.3 Å². The number of hydrogen-bond donors (Lipinski definition) is 2. The molecule has 2 aromatic carbocycles. The van der Waals surface area contributed by atoms with Crippen molar-refractivity contribution in [1.29, 1.82) is 0 Å². The molecule has 0 aromatic heterocycles. The molecule has 0 bridgehead atoms. The molecule has 3 rings (SSSR count). The van der Waals surface area contributed by atoms with E-state index in [-0.39, 0.29) is 17.3 Å². The van der Waals surface area contributed by atoms with Crippen LogP contribution in [0.2, 0.25) is 0 Å². The number of methoxy groups -OCH3 is 1. The first-order valence-electron chi connectivity index (χ1n) is 9.73. The Morgan fingerprint density at radius 3 is 2.59 bits per heavy atom. The van der Waals surface area contributed by atoms with E-state index in [1.165, 1.54) is 12.0 Å². The van der Waals surface area contributed by atoms with E-state index in [0.29, 0.717) is 29.0 Å². The van der Waals surface area contributed by atoms with Crippen LogP contribution < -0.4 is 9.64 Å². The number of quaternary nitrogens is 1. The number of rotatable bonds is 7. The number of esters is 1. The number of ether oxygens (including phenoxy) is 2. The fourth-order valence-electron chi connectivity index (χ4n) is 3.32. The molecule has 6 nitrogen and oxygen atoms in total. The lowest BCUT2D eigenvalue weighted by molar-refractivity contribution is -0.894. The Morgan fingerprint density at radius 1 is 1.21 bits per heavy atom. The monoisotopic (exact) mass is 396 g/mol. The molecule has 1 aliphatic heterocycles. The molecule has 1 heterocycles. The average molecular weight is 396 g/mol. The first kappa shape index (κ1) is 20.6. The molecule has 1 unspecified atom stereocenters. The summed E-state index contributed by atoms with van der Waals surface area (Å²) in [4.78, 5) is 25.6. The Kier molecular flexibility index (Phi) is 6.34. The van der Waals surface area contributed by atoms with Crippen molar-refractivity contribution in [1.82, 2.24) is 0 Å². The van der Waals surface area contributed by atoms with Gasteiger partial charge >= 0.3 is 5.97 Å². The van der Waals surface area contributed by atoms with Crippen molar-refractivity contribution in [2.75, 3.05) is 20.7 Å². The number of benzene rings is 2. The lowest BCUT2D eigenvalue weighted by Crippen LogP contribution is -3.07. The Balaban J connectivity index is 1.85. The van der Waals surface area contributed by atoms with Crippen LogP contribution in [0.3, 0.4) is 0 Å². The van der Waals surface area contributed by atoms with E-state index < -0.39 is 5.97 Å². The highest BCUT2D eigenvalue weighted by Gasteiger charge is 2.32. The van der Waals surface area contributed by atoms with Gasteiger partial charge in [-0.2, -0.15) is 0 Å². The molecule has 0 aliphatic carbocycles. The number of phenolic OH excluding ortho intramolecular Hbond substituents is 1. The number of carbonyl (C=O) groups is 2. The molecule has 2 N–H and O–H groups in total. The second kappa shape index (κ2) is 8.92. The maximum atomic E-state index is 12.8. The summed E-state index contributed by atoms with van der Waals surface area (Å²) >= 11 is 0. The van der Waals surface area contributed by atoms with Crippen molar-refractivity contribution in [3.63, 3.8) is 0 Å².